The van der Waals surface area contributed by atoms with Crippen molar-refractivity contribution in [3.05, 3.63) is 24.3 Å². The Hall–Kier alpha value is -1.75. The fraction of sp³-hybridized carbons (Fsp3) is 0.650. The van der Waals surface area contributed by atoms with E-state index < -0.39 is 6.09 Å². The van der Waals surface area contributed by atoms with Gasteiger partial charge in [0.05, 0.1) is 6.61 Å². The van der Waals surface area contributed by atoms with Gasteiger partial charge in [0, 0.05) is 18.3 Å². The Labute approximate surface area is 151 Å². The molecule has 25 heavy (non-hydrogen) atoms. The summed E-state index contributed by atoms with van der Waals surface area (Å²) in [7, 11) is 0. The molecule has 0 atom stereocenters. The first-order valence-electron chi connectivity index (χ1n) is 9.67. The standard InChI is InChI=1S/C20H32N2O3/c1-2-3-8-15-24-19-11-9-10-18(17-19)21-20(23)25-16-14-22-12-6-4-5-7-13-22/h9-11,17H,2-8,12-16H2,1H3,(H,21,23). The molecule has 0 aliphatic carbocycles. The van der Waals surface area contributed by atoms with Crippen LogP contribution in [0.3, 0.4) is 0 Å². The topological polar surface area (TPSA) is 50.8 Å². The van der Waals surface area contributed by atoms with Gasteiger partial charge in [-0.15, -0.1) is 0 Å². The minimum Gasteiger partial charge on any atom is -0.494 e. The van der Waals surface area contributed by atoms with E-state index in [2.05, 4.69) is 17.1 Å². The molecule has 1 heterocycles. The van der Waals surface area contributed by atoms with Crippen molar-refractivity contribution in [2.45, 2.75) is 51.9 Å². The van der Waals surface area contributed by atoms with Gasteiger partial charge in [0.1, 0.15) is 12.4 Å². The van der Waals surface area contributed by atoms with Crippen LogP contribution >= 0.6 is 0 Å². The van der Waals surface area contributed by atoms with E-state index in [0.717, 1.165) is 31.8 Å². The molecule has 0 saturated carbocycles. The molecule has 1 amide bonds. The van der Waals surface area contributed by atoms with Crippen LogP contribution in [0.4, 0.5) is 10.5 Å². The Morgan fingerprint density at radius 3 is 2.68 bits per heavy atom. The predicted octanol–water partition coefficient (Wildman–Crippen LogP) is 4.68. The van der Waals surface area contributed by atoms with E-state index in [4.69, 9.17) is 9.47 Å². The Bertz CT molecular complexity index is 499. The lowest BCUT2D eigenvalue weighted by atomic mass is 10.2. The molecule has 1 aliphatic heterocycles. The number of ether oxygens (including phenoxy) is 2. The number of likely N-dealkylation sites (tertiary alicyclic amines) is 1. The van der Waals surface area contributed by atoms with Crippen molar-refractivity contribution in [1.29, 1.82) is 0 Å². The minimum atomic E-state index is -0.405. The summed E-state index contributed by atoms with van der Waals surface area (Å²) in [6.07, 6.45) is 8.11. The molecule has 1 aromatic carbocycles. The number of carbonyl (C=O) groups excluding carboxylic acids is 1. The first-order valence-corrected chi connectivity index (χ1v) is 9.67. The lowest BCUT2D eigenvalue weighted by molar-refractivity contribution is 0.140. The summed E-state index contributed by atoms with van der Waals surface area (Å²) in [5, 5.41) is 2.77. The van der Waals surface area contributed by atoms with E-state index in [0.29, 0.717) is 18.9 Å². The number of hydrogen-bond acceptors (Lipinski definition) is 4. The van der Waals surface area contributed by atoms with Crippen molar-refractivity contribution in [2.24, 2.45) is 0 Å². The summed E-state index contributed by atoms with van der Waals surface area (Å²) in [6.45, 7) is 6.35. The van der Waals surface area contributed by atoms with Gasteiger partial charge in [-0.2, -0.15) is 0 Å². The highest BCUT2D eigenvalue weighted by molar-refractivity contribution is 5.84. The van der Waals surface area contributed by atoms with Crippen LogP contribution in [0.25, 0.3) is 0 Å². The van der Waals surface area contributed by atoms with E-state index in [1.807, 2.05) is 24.3 Å². The van der Waals surface area contributed by atoms with Crippen LogP contribution in [0.1, 0.15) is 51.9 Å². The van der Waals surface area contributed by atoms with Gasteiger partial charge in [-0.25, -0.2) is 4.79 Å². The molecular formula is C20H32N2O3. The third-order valence-corrected chi connectivity index (χ3v) is 4.44. The molecular weight excluding hydrogens is 316 g/mol. The number of nitrogens with zero attached hydrogens (tertiary/aromatic N) is 1. The second-order valence-corrected chi connectivity index (χ2v) is 6.60. The zero-order chi connectivity index (χ0) is 17.7. The maximum absolute atomic E-state index is 11.9. The molecule has 1 fully saturated rings. The van der Waals surface area contributed by atoms with Crippen molar-refractivity contribution in [3.8, 4) is 5.75 Å². The molecule has 0 aromatic heterocycles. The summed E-state index contributed by atoms with van der Waals surface area (Å²) in [4.78, 5) is 14.3. The summed E-state index contributed by atoms with van der Waals surface area (Å²) in [6, 6.07) is 7.46. The lowest BCUT2D eigenvalue weighted by Gasteiger charge is -2.19. The van der Waals surface area contributed by atoms with Crippen LogP contribution in [0.15, 0.2) is 24.3 Å². The highest BCUT2D eigenvalue weighted by Crippen LogP contribution is 2.18. The van der Waals surface area contributed by atoms with E-state index in [9.17, 15) is 4.79 Å². The number of amides is 1. The van der Waals surface area contributed by atoms with Gasteiger partial charge in [0.15, 0.2) is 0 Å². The number of anilines is 1. The van der Waals surface area contributed by atoms with Gasteiger partial charge < -0.3 is 9.47 Å². The molecule has 0 unspecified atom stereocenters. The lowest BCUT2D eigenvalue weighted by Crippen LogP contribution is -2.30. The molecule has 140 valence electrons. The van der Waals surface area contributed by atoms with Crippen molar-refractivity contribution in [1.82, 2.24) is 4.90 Å². The molecule has 1 N–H and O–H groups in total. The summed E-state index contributed by atoms with van der Waals surface area (Å²) in [5.74, 6) is 0.776. The van der Waals surface area contributed by atoms with E-state index in [1.165, 1.54) is 38.5 Å². The second-order valence-electron chi connectivity index (χ2n) is 6.60. The summed E-state index contributed by atoms with van der Waals surface area (Å²) in [5.41, 5.74) is 0.702. The van der Waals surface area contributed by atoms with Gasteiger partial charge >= 0.3 is 6.09 Å². The van der Waals surface area contributed by atoms with Crippen LogP contribution in [0.2, 0.25) is 0 Å². The van der Waals surface area contributed by atoms with Crippen molar-refractivity contribution >= 4 is 11.8 Å². The molecule has 1 aliphatic rings. The molecule has 0 spiro atoms. The summed E-state index contributed by atoms with van der Waals surface area (Å²) >= 11 is 0. The van der Waals surface area contributed by atoms with Crippen molar-refractivity contribution in [3.63, 3.8) is 0 Å². The van der Waals surface area contributed by atoms with Crippen molar-refractivity contribution < 1.29 is 14.3 Å². The smallest absolute Gasteiger partial charge is 0.411 e. The van der Waals surface area contributed by atoms with E-state index >= 15 is 0 Å². The zero-order valence-corrected chi connectivity index (χ0v) is 15.5. The normalized spacial score (nSPS) is 15.4. The maximum atomic E-state index is 11.9. The number of nitrogens with one attached hydrogen (secondary N) is 1. The Balaban J connectivity index is 1.67. The van der Waals surface area contributed by atoms with E-state index in [1.54, 1.807) is 0 Å². The maximum Gasteiger partial charge on any atom is 0.411 e. The quantitative estimate of drug-likeness (QED) is 0.658. The van der Waals surface area contributed by atoms with Crippen LogP contribution in [0.5, 0.6) is 5.75 Å². The molecule has 5 heteroatoms. The van der Waals surface area contributed by atoms with Gasteiger partial charge in [0.25, 0.3) is 0 Å². The van der Waals surface area contributed by atoms with Crippen molar-refractivity contribution in [2.75, 3.05) is 38.2 Å². The average Bonchev–Trinajstić information content (AvgIpc) is 2.88. The van der Waals surface area contributed by atoms with Crippen LogP contribution in [-0.2, 0) is 4.74 Å². The first kappa shape index (κ1) is 19.6. The number of benzene rings is 1. The fourth-order valence-electron chi connectivity index (χ4n) is 2.99. The minimum absolute atomic E-state index is 0.405. The zero-order valence-electron chi connectivity index (χ0n) is 15.5. The van der Waals surface area contributed by atoms with Crippen LogP contribution in [-0.4, -0.2) is 43.8 Å². The highest BCUT2D eigenvalue weighted by atomic mass is 16.5. The summed E-state index contributed by atoms with van der Waals surface area (Å²) < 4.78 is 11.0. The third kappa shape index (κ3) is 8.25. The Kier molecular flexibility index (Phi) is 9.19. The molecule has 0 bridgehead atoms. The Morgan fingerprint density at radius 2 is 1.92 bits per heavy atom. The van der Waals surface area contributed by atoms with E-state index in [-0.39, 0.29) is 0 Å². The predicted molar refractivity (Wildman–Crippen MR) is 101 cm³/mol. The second kappa shape index (κ2) is 11.7. The number of unbranched alkanes of at least 4 members (excludes halogenated alkanes) is 2. The largest absolute Gasteiger partial charge is 0.494 e. The number of rotatable bonds is 9. The van der Waals surface area contributed by atoms with Gasteiger partial charge in [-0.1, -0.05) is 38.7 Å². The average molecular weight is 348 g/mol. The third-order valence-electron chi connectivity index (χ3n) is 4.44. The molecule has 1 aromatic rings. The van der Waals surface area contributed by atoms with Crippen LogP contribution in [0, 0.1) is 0 Å². The highest BCUT2D eigenvalue weighted by Gasteiger charge is 2.10. The molecule has 0 radical (unpaired) electrons. The fourth-order valence-corrected chi connectivity index (χ4v) is 2.99. The SMILES string of the molecule is CCCCCOc1cccc(NC(=O)OCCN2CCCCCC2)c1. The molecule has 5 nitrogen and oxygen atoms in total. The Morgan fingerprint density at radius 1 is 1.12 bits per heavy atom. The molecule has 1 saturated heterocycles. The number of hydrogen-bond donors (Lipinski definition) is 1. The monoisotopic (exact) mass is 348 g/mol. The van der Waals surface area contributed by atoms with Gasteiger partial charge in [-0.3, -0.25) is 10.2 Å². The first-order chi connectivity index (χ1) is 12.3. The molecule has 2 rings (SSSR count). The van der Waals surface area contributed by atoms with Crippen LogP contribution < -0.4 is 10.1 Å². The van der Waals surface area contributed by atoms with Gasteiger partial charge in [-0.05, 0) is 44.5 Å². The number of carbonyl (C=O) groups is 1. The van der Waals surface area contributed by atoms with Gasteiger partial charge in [0.2, 0.25) is 0 Å².